The van der Waals surface area contributed by atoms with Gasteiger partial charge in [-0.05, 0) is 54.1 Å². The van der Waals surface area contributed by atoms with Gasteiger partial charge in [0.2, 0.25) is 0 Å². The quantitative estimate of drug-likeness (QED) is 0.316. The second-order valence-electron chi connectivity index (χ2n) is 7.83. The Balaban J connectivity index is 1.63. The normalized spacial score (nSPS) is 12.6. The van der Waals surface area contributed by atoms with E-state index in [-0.39, 0.29) is 11.3 Å². The highest BCUT2D eigenvalue weighted by Gasteiger charge is 2.37. The van der Waals surface area contributed by atoms with Crippen molar-refractivity contribution in [3.05, 3.63) is 113 Å². The highest BCUT2D eigenvalue weighted by molar-refractivity contribution is 6.35. The molecule has 3 heterocycles. The predicted molar refractivity (Wildman–Crippen MR) is 127 cm³/mol. The SMILES string of the molecule is O=C(N[C@@H](c1cnc2cccc(Cl)c2c1)c1ncccc1C(F)(F)F)c1ccc2cccnc2c1. The lowest BCUT2D eigenvalue weighted by atomic mass is 9.98. The minimum atomic E-state index is -4.68. The summed E-state index contributed by atoms with van der Waals surface area (Å²) in [7, 11) is 0. The van der Waals surface area contributed by atoms with Gasteiger partial charge in [0, 0.05) is 39.9 Å². The molecule has 0 spiro atoms. The molecular formula is C26H16ClF3N4O. The molecule has 0 fully saturated rings. The van der Waals surface area contributed by atoms with E-state index in [1.54, 1.807) is 54.7 Å². The van der Waals surface area contributed by atoms with Gasteiger partial charge in [-0.25, -0.2) is 0 Å². The average molecular weight is 493 g/mol. The Bertz CT molecular complexity index is 1570. The Hall–Kier alpha value is -4.04. The van der Waals surface area contributed by atoms with Gasteiger partial charge in [0.15, 0.2) is 0 Å². The number of fused-ring (bicyclic) bond motifs is 2. The summed E-state index contributed by atoms with van der Waals surface area (Å²) in [4.78, 5) is 25.8. The number of nitrogens with zero attached hydrogens (tertiary/aromatic N) is 3. The van der Waals surface area contributed by atoms with Crippen LogP contribution in [0.1, 0.15) is 33.2 Å². The van der Waals surface area contributed by atoms with Crippen LogP contribution in [0.3, 0.4) is 0 Å². The Morgan fingerprint density at radius 1 is 0.886 bits per heavy atom. The lowest BCUT2D eigenvalue weighted by Crippen LogP contribution is -2.31. The van der Waals surface area contributed by atoms with Gasteiger partial charge in [0.1, 0.15) is 0 Å². The van der Waals surface area contributed by atoms with Crippen LogP contribution in [0.2, 0.25) is 5.02 Å². The van der Waals surface area contributed by atoms with Crippen molar-refractivity contribution in [1.29, 1.82) is 0 Å². The third-order valence-electron chi connectivity index (χ3n) is 5.59. The number of carbonyl (C=O) groups excluding carboxylic acids is 1. The zero-order valence-electron chi connectivity index (χ0n) is 17.9. The van der Waals surface area contributed by atoms with Crippen LogP contribution >= 0.6 is 11.6 Å². The van der Waals surface area contributed by atoms with E-state index in [1.165, 1.54) is 18.5 Å². The van der Waals surface area contributed by atoms with E-state index >= 15 is 0 Å². The Morgan fingerprint density at radius 3 is 2.51 bits per heavy atom. The van der Waals surface area contributed by atoms with Gasteiger partial charge in [-0.15, -0.1) is 0 Å². The van der Waals surface area contributed by atoms with Crippen molar-refractivity contribution in [3.63, 3.8) is 0 Å². The molecule has 0 bridgehead atoms. The molecule has 0 saturated carbocycles. The highest BCUT2D eigenvalue weighted by atomic mass is 35.5. The van der Waals surface area contributed by atoms with Crippen molar-refractivity contribution >= 4 is 39.3 Å². The van der Waals surface area contributed by atoms with Gasteiger partial charge >= 0.3 is 6.18 Å². The standard InChI is InChI=1S/C26H16ClF3N4O/c27-20-6-1-7-21-18(20)12-17(14-33-21)23(24-19(26(28,29)30)5-3-11-32-24)34-25(35)16-9-8-15-4-2-10-31-22(15)13-16/h1-14,23H,(H,34,35)/t23-/m0/s1. The van der Waals surface area contributed by atoms with Crippen molar-refractivity contribution in [3.8, 4) is 0 Å². The topological polar surface area (TPSA) is 67.8 Å². The second kappa shape index (κ2) is 8.96. The van der Waals surface area contributed by atoms with Crippen LogP contribution in [0.25, 0.3) is 21.8 Å². The molecule has 0 aliphatic rings. The van der Waals surface area contributed by atoms with E-state index < -0.39 is 23.7 Å². The molecule has 0 aliphatic heterocycles. The molecule has 0 saturated heterocycles. The number of amides is 1. The zero-order valence-corrected chi connectivity index (χ0v) is 18.7. The Morgan fingerprint density at radius 2 is 1.69 bits per heavy atom. The Kier molecular flexibility index (Phi) is 5.82. The first kappa shape index (κ1) is 22.7. The van der Waals surface area contributed by atoms with Gasteiger partial charge in [-0.2, -0.15) is 13.2 Å². The summed E-state index contributed by atoms with van der Waals surface area (Å²) in [5.41, 5.74) is 0.415. The smallest absolute Gasteiger partial charge is 0.339 e. The summed E-state index contributed by atoms with van der Waals surface area (Å²) in [5.74, 6) is -0.583. The first-order valence-corrected chi connectivity index (χ1v) is 10.9. The molecule has 2 aromatic carbocycles. The molecule has 174 valence electrons. The maximum Gasteiger partial charge on any atom is 0.418 e. The van der Waals surface area contributed by atoms with Crippen molar-refractivity contribution in [2.24, 2.45) is 0 Å². The minimum absolute atomic E-state index is 0.248. The van der Waals surface area contributed by atoms with Gasteiger partial charge in [0.25, 0.3) is 5.91 Å². The summed E-state index contributed by atoms with van der Waals surface area (Å²) in [6.45, 7) is 0. The summed E-state index contributed by atoms with van der Waals surface area (Å²) in [6.07, 6.45) is -0.409. The number of aromatic nitrogens is 3. The first-order chi connectivity index (χ1) is 16.8. The summed E-state index contributed by atoms with van der Waals surface area (Å²) < 4.78 is 41.6. The number of carbonyl (C=O) groups is 1. The first-order valence-electron chi connectivity index (χ1n) is 10.5. The maximum atomic E-state index is 13.9. The summed E-state index contributed by atoms with van der Waals surface area (Å²) >= 11 is 6.31. The van der Waals surface area contributed by atoms with Gasteiger partial charge in [-0.1, -0.05) is 29.8 Å². The van der Waals surface area contributed by atoms with Gasteiger partial charge in [0.05, 0.1) is 28.3 Å². The highest BCUT2D eigenvalue weighted by Crippen LogP contribution is 2.36. The fraction of sp³-hybridized carbons (Fsp3) is 0.0769. The molecule has 5 rings (SSSR count). The predicted octanol–water partition coefficient (Wildman–Crippen LogP) is 6.37. The molecule has 0 unspecified atom stereocenters. The van der Waals surface area contributed by atoms with Gasteiger partial charge in [-0.3, -0.25) is 19.7 Å². The third-order valence-corrected chi connectivity index (χ3v) is 5.92. The van der Waals surface area contributed by atoms with Crippen molar-refractivity contribution in [2.75, 3.05) is 0 Å². The van der Waals surface area contributed by atoms with E-state index in [4.69, 9.17) is 11.6 Å². The number of pyridine rings is 3. The Labute approximate surface area is 202 Å². The van der Waals surface area contributed by atoms with Crippen LogP contribution in [-0.2, 0) is 6.18 Å². The molecule has 35 heavy (non-hydrogen) atoms. The number of halogens is 4. The molecule has 9 heteroatoms. The third kappa shape index (κ3) is 4.52. The number of nitrogens with one attached hydrogen (secondary N) is 1. The van der Waals surface area contributed by atoms with Crippen LogP contribution < -0.4 is 5.32 Å². The molecule has 1 atom stereocenters. The summed E-state index contributed by atoms with van der Waals surface area (Å²) in [5, 5.41) is 4.48. The fourth-order valence-electron chi connectivity index (χ4n) is 3.91. The van der Waals surface area contributed by atoms with E-state index in [0.717, 1.165) is 11.5 Å². The molecule has 3 aromatic heterocycles. The lowest BCUT2D eigenvalue weighted by Gasteiger charge is -2.22. The maximum absolute atomic E-state index is 13.9. The fourth-order valence-corrected chi connectivity index (χ4v) is 4.13. The van der Waals surface area contributed by atoms with Crippen LogP contribution in [0.4, 0.5) is 13.2 Å². The molecule has 1 N–H and O–H groups in total. The molecule has 0 radical (unpaired) electrons. The number of hydrogen-bond donors (Lipinski definition) is 1. The minimum Gasteiger partial charge on any atom is -0.339 e. The van der Waals surface area contributed by atoms with Crippen molar-refractivity contribution in [1.82, 2.24) is 20.3 Å². The van der Waals surface area contributed by atoms with Crippen LogP contribution in [0.5, 0.6) is 0 Å². The van der Waals surface area contributed by atoms with Crippen LogP contribution in [0.15, 0.2) is 85.3 Å². The zero-order chi connectivity index (χ0) is 24.6. The number of rotatable bonds is 4. The number of hydrogen-bond acceptors (Lipinski definition) is 4. The largest absolute Gasteiger partial charge is 0.418 e. The van der Waals surface area contributed by atoms with E-state index in [0.29, 0.717) is 27.0 Å². The lowest BCUT2D eigenvalue weighted by molar-refractivity contribution is -0.138. The number of alkyl halides is 3. The van der Waals surface area contributed by atoms with E-state index in [1.807, 2.05) is 6.07 Å². The van der Waals surface area contributed by atoms with Gasteiger partial charge < -0.3 is 5.32 Å². The molecule has 0 aliphatic carbocycles. The summed E-state index contributed by atoms with van der Waals surface area (Å²) in [6, 6.07) is 16.2. The second-order valence-corrected chi connectivity index (χ2v) is 8.23. The average Bonchev–Trinajstić information content (AvgIpc) is 2.86. The molecular weight excluding hydrogens is 477 g/mol. The van der Waals surface area contributed by atoms with Crippen LogP contribution in [0, 0.1) is 0 Å². The molecule has 5 aromatic rings. The van der Waals surface area contributed by atoms with Crippen molar-refractivity contribution < 1.29 is 18.0 Å². The van der Waals surface area contributed by atoms with E-state index in [9.17, 15) is 18.0 Å². The van der Waals surface area contributed by atoms with Crippen molar-refractivity contribution in [2.45, 2.75) is 12.2 Å². The molecule has 1 amide bonds. The molecule has 5 nitrogen and oxygen atoms in total. The van der Waals surface area contributed by atoms with E-state index in [2.05, 4.69) is 20.3 Å². The number of benzene rings is 2. The van der Waals surface area contributed by atoms with Crippen LogP contribution in [-0.4, -0.2) is 20.9 Å². The monoisotopic (exact) mass is 492 g/mol.